The number of hydrogen-bond donors (Lipinski definition) is 3. The van der Waals surface area contributed by atoms with Gasteiger partial charge in [-0.15, -0.1) is 12.4 Å². The highest BCUT2D eigenvalue weighted by molar-refractivity contribution is 5.85. The van der Waals surface area contributed by atoms with E-state index >= 15 is 0 Å². The van der Waals surface area contributed by atoms with Gasteiger partial charge in [-0.3, -0.25) is 0 Å². The van der Waals surface area contributed by atoms with E-state index in [1.54, 1.807) is 6.07 Å². The van der Waals surface area contributed by atoms with Crippen molar-refractivity contribution >= 4 is 12.4 Å². The van der Waals surface area contributed by atoms with Gasteiger partial charge in [0.25, 0.3) is 0 Å². The molecular formula is C12H21ClN2O3. The number of phenols is 1. The van der Waals surface area contributed by atoms with Crippen LogP contribution in [0.5, 0.6) is 17.2 Å². The Kier molecular flexibility index (Phi) is 7.50. The van der Waals surface area contributed by atoms with E-state index in [4.69, 9.17) is 20.9 Å². The fraction of sp³-hybridized carbons (Fsp3) is 0.500. The van der Waals surface area contributed by atoms with E-state index in [0.717, 1.165) is 6.42 Å². The van der Waals surface area contributed by atoms with E-state index in [0.29, 0.717) is 30.0 Å². The van der Waals surface area contributed by atoms with Gasteiger partial charge in [0.15, 0.2) is 0 Å². The molecule has 6 heteroatoms. The Morgan fingerprint density at radius 2 is 1.94 bits per heavy atom. The van der Waals surface area contributed by atoms with Crippen LogP contribution >= 0.6 is 12.4 Å². The largest absolute Gasteiger partial charge is 0.507 e. The fourth-order valence-electron chi connectivity index (χ4n) is 1.73. The standard InChI is InChI=1S/C12H20N2O3.ClH/c1-16-8-6-10(15)12(11(7-8)17-2)9(14)4-3-5-13;/h6-7,9,15H,3-5,13-14H2,1-2H3;1H/t9-;/m0./s1. The van der Waals surface area contributed by atoms with Crippen LogP contribution in [0.15, 0.2) is 12.1 Å². The molecule has 0 unspecified atom stereocenters. The lowest BCUT2D eigenvalue weighted by molar-refractivity contribution is 0.373. The molecule has 0 spiro atoms. The van der Waals surface area contributed by atoms with Crippen LogP contribution in [0.4, 0.5) is 0 Å². The summed E-state index contributed by atoms with van der Waals surface area (Å²) in [5.41, 5.74) is 12.1. The lowest BCUT2D eigenvalue weighted by Gasteiger charge is -2.18. The van der Waals surface area contributed by atoms with Crippen LogP contribution in [0, 0.1) is 0 Å². The van der Waals surface area contributed by atoms with Gasteiger partial charge in [-0.25, -0.2) is 0 Å². The minimum atomic E-state index is -0.292. The van der Waals surface area contributed by atoms with Gasteiger partial charge < -0.3 is 26.0 Å². The molecule has 5 nitrogen and oxygen atoms in total. The summed E-state index contributed by atoms with van der Waals surface area (Å²) >= 11 is 0. The molecule has 18 heavy (non-hydrogen) atoms. The van der Waals surface area contributed by atoms with Crippen LogP contribution in [0.1, 0.15) is 24.4 Å². The van der Waals surface area contributed by atoms with Gasteiger partial charge in [0, 0.05) is 18.2 Å². The predicted octanol–water partition coefficient (Wildman–Crippen LogP) is 1.57. The normalized spacial score (nSPS) is 11.6. The summed E-state index contributed by atoms with van der Waals surface area (Å²) < 4.78 is 10.3. The molecule has 0 aliphatic heterocycles. The molecular weight excluding hydrogens is 256 g/mol. The van der Waals surface area contributed by atoms with Crippen LogP contribution in [0.25, 0.3) is 0 Å². The molecule has 0 saturated carbocycles. The third-order valence-electron chi connectivity index (χ3n) is 2.64. The Labute approximate surface area is 113 Å². The van der Waals surface area contributed by atoms with Gasteiger partial charge in [0.05, 0.1) is 19.8 Å². The molecule has 0 aliphatic carbocycles. The van der Waals surface area contributed by atoms with Crippen LogP contribution in [-0.2, 0) is 0 Å². The first-order valence-corrected chi connectivity index (χ1v) is 5.54. The van der Waals surface area contributed by atoms with E-state index < -0.39 is 0 Å². The van der Waals surface area contributed by atoms with E-state index in [9.17, 15) is 5.11 Å². The lowest BCUT2D eigenvalue weighted by atomic mass is 10.0. The number of nitrogens with two attached hydrogens (primary N) is 2. The van der Waals surface area contributed by atoms with E-state index in [2.05, 4.69) is 0 Å². The average Bonchev–Trinajstić information content (AvgIpc) is 2.34. The average molecular weight is 277 g/mol. The van der Waals surface area contributed by atoms with Crippen LogP contribution in [0.2, 0.25) is 0 Å². The first kappa shape index (κ1) is 16.8. The second kappa shape index (κ2) is 8.02. The van der Waals surface area contributed by atoms with E-state index in [1.165, 1.54) is 20.3 Å². The molecule has 0 fully saturated rings. The minimum absolute atomic E-state index is 0. The van der Waals surface area contributed by atoms with Crippen molar-refractivity contribution in [3.63, 3.8) is 0 Å². The van der Waals surface area contributed by atoms with Crippen molar-refractivity contribution in [2.24, 2.45) is 11.5 Å². The Balaban J connectivity index is 0.00000289. The Hall–Kier alpha value is -1.17. The molecule has 1 atom stereocenters. The first-order valence-electron chi connectivity index (χ1n) is 5.54. The summed E-state index contributed by atoms with van der Waals surface area (Å²) in [5.74, 6) is 1.16. The van der Waals surface area contributed by atoms with Crippen molar-refractivity contribution in [2.45, 2.75) is 18.9 Å². The topological polar surface area (TPSA) is 90.7 Å². The highest BCUT2D eigenvalue weighted by Gasteiger charge is 2.18. The zero-order chi connectivity index (χ0) is 12.8. The van der Waals surface area contributed by atoms with Crippen LogP contribution < -0.4 is 20.9 Å². The number of methoxy groups -OCH3 is 2. The van der Waals surface area contributed by atoms with Crippen LogP contribution in [-0.4, -0.2) is 25.9 Å². The summed E-state index contributed by atoms with van der Waals surface area (Å²) in [5, 5.41) is 9.93. The lowest BCUT2D eigenvalue weighted by Crippen LogP contribution is -2.14. The number of rotatable bonds is 6. The molecule has 0 amide bonds. The SMILES string of the molecule is COc1cc(O)c([C@@H](N)CCCN)c(OC)c1.Cl. The summed E-state index contributed by atoms with van der Waals surface area (Å²) in [6, 6.07) is 2.94. The van der Waals surface area contributed by atoms with Gasteiger partial charge in [0.2, 0.25) is 0 Å². The highest BCUT2D eigenvalue weighted by Crippen LogP contribution is 2.37. The maximum Gasteiger partial charge on any atom is 0.131 e. The van der Waals surface area contributed by atoms with E-state index in [1.807, 2.05) is 0 Å². The molecule has 0 heterocycles. The van der Waals surface area contributed by atoms with Gasteiger partial charge in [0.1, 0.15) is 17.2 Å². The molecule has 1 aromatic rings. The number of benzene rings is 1. The number of hydrogen-bond acceptors (Lipinski definition) is 5. The molecule has 0 saturated heterocycles. The highest BCUT2D eigenvalue weighted by atomic mass is 35.5. The zero-order valence-corrected chi connectivity index (χ0v) is 11.5. The fourth-order valence-corrected chi connectivity index (χ4v) is 1.73. The minimum Gasteiger partial charge on any atom is -0.507 e. The first-order chi connectivity index (χ1) is 8.13. The summed E-state index contributed by atoms with van der Waals surface area (Å²) in [4.78, 5) is 0. The van der Waals surface area contributed by atoms with Crippen molar-refractivity contribution in [3.05, 3.63) is 17.7 Å². The van der Waals surface area contributed by atoms with Gasteiger partial charge in [-0.1, -0.05) is 0 Å². The molecule has 0 aromatic heterocycles. The van der Waals surface area contributed by atoms with Crippen molar-refractivity contribution in [1.29, 1.82) is 0 Å². The van der Waals surface area contributed by atoms with Gasteiger partial charge in [-0.2, -0.15) is 0 Å². The molecule has 0 aliphatic rings. The predicted molar refractivity (Wildman–Crippen MR) is 73.7 cm³/mol. The molecule has 0 radical (unpaired) electrons. The Morgan fingerprint density at radius 3 is 2.44 bits per heavy atom. The van der Waals surface area contributed by atoms with Crippen molar-refractivity contribution in [3.8, 4) is 17.2 Å². The summed E-state index contributed by atoms with van der Waals surface area (Å²) in [6.45, 7) is 0.576. The van der Waals surface area contributed by atoms with Crippen LogP contribution in [0.3, 0.4) is 0 Å². The van der Waals surface area contributed by atoms with Crippen molar-refractivity contribution in [2.75, 3.05) is 20.8 Å². The monoisotopic (exact) mass is 276 g/mol. The summed E-state index contributed by atoms with van der Waals surface area (Å²) in [7, 11) is 3.07. The number of halogens is 1. The second-order valence-corrected chi connectivity index (χ2v) is 3.80. The number of phenolic OH excluding ortho intramolecular Hbond substituents is 1. The smallest absolute Gasteiger partial charge is 0.131 e. The van der Waals surface area contributed by atoms with Crippen molar-refractivity contribution < 1.29 is 14.6 Å². The van der Waals surface area contributed by atoms with Gasteiger partial charge >= 0.3 is 0 Å². The molecule has 1 rings (SSSR count). The maximum absolute atomic E-state index is 9.93. The third kappa shape index (κ3) is 3.94. The van der Waals surface area contributed by atoms with Crippen molar-refractivity contribution in [1.82, 2.24) is 0 Å². The Bertz CT molecular complexity index is 375. The quantitative estimate of drug-likeness (QED) is 0.734. The summed E-state index contributed by atoms with van der Waals surface area (Å²) in [6.07, 6.45) is 1.50. The second-order valence-electron chi connectivity index (χ2n) is 3.80. The third-order valence-corrected chi connectivity index (χ3v) is 2.64. The number of ether oxygens (including phenoxy) is 2. The number of aromatic hydroxyl groups is 1. The Morgan fingerprint density at radius 1 is 1.28 bits per heavy atom. The molecule has 0 bridgehead atoms. The molecule has 1 aromatic carbocycles. The molecule has 5 N–H and O–H groups in total. The zero-order valence-electron chi connectivity index (χ0n) is 10.7. The van der Waals surface area contributed by atoms with E-state index in [-0.39, 0.29) is 24.2 Å². The van der Waals surface area contributed by atoms with Gasteiger partial charge in [-0.05, 0) is 19.4 Å². The molecule has 104 valence electrons. The maximum atomic E-state index is 9.93.